The fourth-order valence-electron chi connectivity index (χ4n) is 1.67. The third-order valence-electron chi connectivity index (χ3n) is 3.04. The molecule has 3 N–H and O–H groups in total. The van der Waals surface area contributed by atoms with Crippen LogP contribution >= 0.6 is 12.4 Å². The van der Waals surface area contributed by atoms with Gasteiger partial charge in [0.05, 0.1) is 23.8 Å². The number of nitrogens with two attached hydrogens (primary N) is 1. The maximum absolute atomic E-state index is 10.0. The van der Waals surface area contributed by atoms with Crippen LogP contribution in [0.5, 0.6) is 0 Å². The van der Waals surface area contributed by atoms with Gasteiger partial charge in [0.2, 0.25) is 0 Å². The van der Waals surface area contributed by atoms with Gasteiger partial charge in [0, 0.05) is 0 Å². The quantitative estimate of drug-likeness (QED) is 0.867. The number of nitriles is 1. The fraction of sp³-hybridized carbons (Fsp3) is 0.462. The summed E-state index contributed by atoms with van der Waals surface area (Å²) >= 11 is 0. The standard InChI is InChI=1S/C13H18N2O.ClH/c1-3-9(2)13(16)12(15)11-7-5-4-6-10(11)8-14;/h4-7,9,12-13,16H,3,15H2,1-2H3;1H/t9?,12-,13+;/m0./s1. The summed E-state index contributed by atoms with van der Waals surface area (Å²) in [5, 5.41) is 19.0. The van der Waals surface area contributed by atoms with E-state index in [2.05, 4.69) is 6.07 Å². The molecule has 0 amide bonds. The SMILES string of the molecule is CCC(C)[C@@H](O)[C@@H](N)c1ccccc1C#N.Cl. The van der Waals surface area contributed by atoms with Gasteiger partial charge in [0.25, 0.3) is 0 Å². The van der Waals surface area contributed by atoms with Crippen molar-refractivity contribution in [2.45, 2.75) is 32.4 Å². The van der Waals surface area contributed by atoms with E-state index in [1.165, 1.54) is 0 Å². The van der Waals surface area contributed by atoms with Crippen LogP contribution < -0.4 is 5.73 Å². The summed E-state index contributed by atoms with van der Waals surface area (Å²) in [6.07, 6.45) is 0.253. The molecule has 0 heterocycles. The van der Waals surface area contributed by atoms with Crippen molar-refractivity contribution >= 4 is 12.4 Å². The molecule has 0 radical (unpaired) electrons. The zero-order valence-electron chi connectivity index (χ0n) is 10.1. The van der Waals surface area contributed by atoms with Gasteiger partial charge in [-0.25, -0.2) is 0 Å². The summed E-state index contributed by atoms with van der Waals surface area (Å²) < 4.78 is 0. The van der Waals surface area contributed by atoms with E-state index in [-0.39, 0.29) is 18.3 Å². The highest BCUT2D eigenvalue weighted by atomic mass is 35.5. The highest BCUT2D eigenvalue weighted by Crippen LogP contribution is 2.23. The van der Waals surface area contributed by atoms with Crippen molar-refractivity contribution in [2.24, 2.45) is 11.7 Å². The smallest absolute Gasteiger partial charge is 0.0995 e. The van der Waals surface area contributed by atoms with Crippen molar-refractivity contribution < 1.29 is 5.11 Å². The Hall–Kier alpha value is -1.08. The van der Waals surface area contributed by atoms with Gasteiger partial charge in [-0.2, -0.15) is 5.26 Å². The van der Waals surface area contributed by atoms with E-state index in [9.17, 15) is 5.11 Å². The van der Waals surface area contributed by atoms with E-state index < -0.39 is 12.1 Å². The van der Waals surface area contributed by atoms with Crippen molar-refractivity contribution in [3.8, 4) is 6.07 Å². The molecule has 4 heteroatoms. The Kier molecular flexibility index (Phi) is 6.82. The average Bonchev–Trinajstić information content (AvgIpc) is 2.35. The molecule has 0 aliphatic carbocycles. The summed E-state index contributed by atoms with van der Waals surface area (Å²) in [5.74, 6) is 0.127. The maximum Gasteiger partial charge on any atom is 0.0995 e. The Balaban J connectivity index is 0.00000256. The minimum Gasteiger partial charge on any atom is -0.391 e. The summed E-state index contributed by atoms with van der Waals surface area (Å²) in [7, 11) is 0. The highest BCUT2D eigenvalue weighted by molar-refractivity contribution is 5.85. The van der Waals surface area contributed by atoms with Gasteiger partial charge in [-0.1, -0.05) is 38.5 Å². The molecule has 1 unspecified atom stereocenters. The van der Waals surface area contributed by atoms with Crippen LogP contribution in [-0.2, 0) is 0 Å². The van der Waals surface area contributed by atoms with Crippen LogP contribution in [-0.4, -0.2) is 11.2 Å². The maximum atomic E-state index is 10.0. The first-order valence-electron chi connectivity index (χ1n) is 5.54. The first-order valence-corrected chi connectivity index (χ1v) is 5.54. The van der Waals surface area contributed by atoms with E-state index in [1.54, 1.807) is 18.2 Å². The number of aliphatic hydroxyl groups excluding tert-OH is 1. The summed E-state index contributed by atoms with van der Waals surface area (Å²) in [5.41, 5.74) is 7.25. The Bertz CT molecular complexity index is 389. The van der Waals surface area contributed by atoms with Crippen molar-refractivity contribution in [1.82, 2.24) is 0 Å². The lowest BCUT2D eigenvalue weighted by molar-refractivity contribution is 0.0879. The number of rotatable bonds is 4. The molecule has 0 bridgehead atoms. The van der Waals surface area contributed by atoms with Gasteiger partial charge in [-0.15, -0.1) is 12.4 Å². The van der Waals surface area contributed by atoms with E-state index in [4.69, 9.17) is 11.0 Å². The predicted molar refractivity (Wildman–Crippen MR) is 70.8 cm³/mol. The van der Waals surface area contributed by atoms with Crippen molar-refractivity contribution in [2.75, 3.05) is 0 Å². The topological polar surface area (TPSA) is 70.0 Å². The molecule has 3 atom stereocenters. The van der Waals surface area contributed by atoms with Crippen LogP contribution in [0, 0.1) is 17.2 Å². The van der Waals surface area contributed by atoms with Crippen LogP contribution in [0.25, 0.3) is 0 Å². The minimum absolute atomic E-state index is 0. The van der Waals surface area contributed by atoms with Crippen LogP contribution in [0.4, 0.5) is 0 Å². The largest absolute Gasteiger partial charge is 0.391 e. The minimum atomic E-state index is -0.612. The molecule has 0 fully saturated rings. The van der Waals surface area contributed by atoms with E-state index in [0.29, 0.717) is 5.56 Å². The van der Waals surface area contributed by atoms with Gasteiger partial charge in [0.15, 0.2) is 0 Å². The molecule has 0 spiro atoms. The Labute approximate surface area is 109 Å². The molecular formula is C13H19ClN2O. The summed E-state index contributed by atoms with van der Waals surface area (Å²) in [4.78, 5) is 0. The lowest BCUT2D eigenvalue weighted by Gasteiger charge is -2.24. The lowest BCUT2D eigenvalue weighted by Crippen LogP contribution is -2.32. The highest BCUT2D eigenvalue weighted by Gasteiger charge is 2.23. The predicted octanol–water partition coefficient (Wildman–Crippen LogP) is 2.39. The van der Waals surface area contributed by atoms with Crippen molar-refractivity contribution in [3.05, 3.63) is 35.4 Å². The number of benzene rings is 1. The molecule has 0 saturated heterocycles. The third kappa shape index (κ3) is 3.71. The monoisotopic (exact) mass is 254 g/mol. The molecule has 17 heavy (non-hydrogen) atoms. The van der Waals surface area contributed by atoms with Gasteiger partial charge in [-0.05, 0) is 17.5 Å². The number of hydrogen-bond acceptors (Lipinski definition) is 3. The van der Waals surface area contributed by atoms with Crippen LogP contribution in [0.15, 0.2) is 24.3 Å². The molecule has 0 saturated carbocycles. The molecule has 0 aromatic heterocycles. The summed E-state index contributed by atoms with van der Waals surface area (Å²) in [6.45, 7) is 3.97. The Morgan fingerprint density at radius 2 is 2.00 bits per heavy atom. The van der Waals surface area contributed by atoms with Gasteiger partial charge in [0.1, 0.15) is 0 Å². The zero-order chi connectivity index (χ0) is 12.1. The van der Waals surface area contributed by atoms with Crippen LogP contribution in [0.3, 0.4) is 0 Å². The van der Waals surface area contributed by atoms with Gasteiger partial charge < -0.3 is 10.8 Å². The number of nitrogens with zero attached hydrogens (tertiary/aromatic N) is 1. The van der Waals surface area contributed by atoms with Crippen LogP contribution in [0.1, 0.15) is 37.4 Å². The molecule has 0 aliphatic heterocycles. The second-order valence-corrected chi connectivity index (χ2v) is 4.10. The molecule has 1 aromatic rings. The number of aliphatic hydroxyl groups is 1. The van der Waals surface area contributed by atoms with Gasteiger partial charge in [-0.3, -0.25) is 0 Å². The summed E-state index contributed by atoms with van der Waals surface area (Å²) in [6, 6.07) is 8.75. The fourth-order valence-corrected chi connectivity index (χ4v) is 1.67. The Morgan fingerprint density at radius 3 is 2.53 bits per heavy atom. The molecule has 1 aromatic carbocycles. The normalized spacial score (nSPS) is 15.2. The molecule has 3 nitrogen and oxygen atoms in total. The zero-order valence-corrected chi connectivity index (χ0v) is 10.9. The second kappa shape index (κ2) is 7.29. The van der Waals surface area contributed by atoms with E-state index in [1.807, 2.05) is 19.9 Å². The molecule has 0 aliphatic rings. The molecule has 94 valence electrons. The van der Waals surface area contributed by atoms with Crippen molar-refractivity contribution in [1.29, 1.82) is 5.26 Å². The molecular weight excluding hydrogens is 236 g/mol. The first kappa shape index (κ1) is 15.9. The third-order valence-corrected chi connectivity index (χ3v) is 3.04. The molecule has 1 rings (SSSR count). The van der Waals surface area contributed by atoms with E-state index >= 15 is 0 Å². The van der Waals surface area contributed by atoms with Gasteiger partial charge >= 0.3 is 0 Å². The first-order chi connectivity index (χ1) is 7.61. The number of halogens is 1. The second-order valence-electron chi connectivity index (χ2n) is 4.10. The number of hydrogen-bond donors (Lipinski definition) is 2. The Morgan fingerprint density at radius 1 is 1.41 bits per heavy atom. The van der Waals surface area contributed by atoms with Crippen molar-refractivity contribution in [3.63, 3.8) is 0 Å². The lowest BCUT2D eigenvalue weighted by atomic mass is 9.89. The van der Waals surface area contributed by atoms with E-state index in [0.717, 1.165) is 12.0 Å². The van der Waals surface area contributed by atoms with Crippen LogP contribution in [0.2, 0.25) is 0 Å². The average molecular weight is 255 g/mol.